The fourth-order valence-corrected chi connectivity index (χ4v) is 3.04. The summed E-state index contributed by atoms with van der Waals surface area (Å²) >= 11 is 1.74. The number of hydrogen-bond acceptors (Lipinski definition) is 2. The average Bonchev–Trinajstić information content (AvgIpc) is 2.39. The molecule has 0 heterocycles. The molecule has 0 unspecified atom stereocenters. The Morgan fingerprint density at radius 3 is 2.63 bits per heavy atom. The highest BCUT2D eigenvalue weighted by Crippen LogP contribution is 2.19. The molecular weight excluding hydrogens is 252 g/mol. The van der Waals surface area contributed by atoms with E-state index in [-0.39, 0.29) is 0 Å². The number of carbonyl (C=O) groups excluding carboxylic acids is 1. The van der Waals surface area contributed by atoms with Crippen LogP contribution >= 0.6 is 11.8 Å². The molecule has 0 fully saturated rings. The summed E-state index contributed by atoms with van der Waals surface area (Å²) in [6.45, 7) is 4.37. The normalized spacial score (nSPS) is 11.1. The lowest BCUT2D eigenvalue weighted by atomic mass is 10.0. The van der Waals surface area contributed by atoms with Crippen LogP contribution in [0.15, 0.2) is 42.5 Å². The van der Waals surface area contributed by atoms with Gasteiger partial charge in [-0.05, 0) is 28.0 Å². The zero-order chi connectivity index (χ0) is 13.7. The Morgan fingerprint density at radius 2 is 1.84 bits per heavy atom. The van der Waals surface area contributed by atoms with Crippen molar-refractivity contribution < 1.29 is 4.79 Å². The predicted octanol–water partition coefficient (Wildman–Crippen LogP) is 4.34. The third kappa shape index (κ3) is 4.10. The van der Waals surface area contributed by atoms with Crippen molar-refractivity contribution >= 4 is 28.3 Å². The number of carbonyl (C=O) groups is 1. The molecule has 0 aromatic heterocycles. The molecule has 0 atom stereocenters. The standard InChI is InChI=1S/C17H20OS/c1-13(2)11-19-12-16(18)10-15-8-5-7-14-6-3-4-9-17(14)15/h3-9,13H,10-12H2,1-2H3. The number of rotatable bonds is 6. The first-order chi connectivity index (χ1) is 9.16. The molecule has 0 aliphatic rings. The molecule has 0 aliphatic heterocycles. The predicted molar refractivity (Wildman–Crippen MR) is 84.8 cm³/mol. The fraction of sp³-hybridized carbons (Fsp3) is 0.353. The van der Waals surface area contributed by atoms with Gasteiger partial charge in [0.2, 0.25) is 0 Å². The summed E-state index contributed by atoms with van der Waals surface area (Å²) in [6.07, 6.45) is 0.548. The Labute approximate surface area is 119 Å². The zero-order valence-corrected chi connectivity index (χ0v) is 12.4. The summed E-state index contributed by atoms with van der Waals surface area (Å²) in [6, 6.07) is 14.4. The first-order valence-electron chi connectivity index (χ1n) is 6.73. The topological polar surface area (TPSA) is 17.1 Å². The van der Waals surface area contributed by atoms with Crippen molar-refractivity contribution in [3.8, 4) is 0 Å². The summed E-state index contributed by atoms with van der Waals surface area (Å²) < 4.78 is 0. The van der Waals surface area contributed by atoms with Crippen LogP contribution in [0.25, 0.3) is 10.8 Å². The van der Waals surface area contributed by atoms with E-state index in [0.717, 1.165) is 11.3 Å². The summed E-state index contributed by atoms with van der Waals surface area (Å²) in [5.74, 6) is 2.65. The van der Waals surface area contributed by atoms with Crippen LogP contribution in [0, 0.1) is 5.92 Å². The number of ketones is 1. The van der Waals surface area contributed by atoms with Crippen LogP contribution in [0.2, 0.25) is 0 Å². The smallest absolute Gasteiger partial charge is 0.147 e. The Bertz CT molecular complexity index is 555. The van der Waals surface area contributed by atoms with Crippen molar-refractivity contribution in [2.75, 3.05) is 11.5 Å². The van der Waals surface area contributed by atoms with Crippen LogP contribution in [0.3, 0.4) is 0 Å². The van der Waals surface area contributed by atoms with Gasteiger partial charge in [0.15, 0.2) is 0 Å². The lowest BCUT2D eigenvalue weighted by Gasteiger charge is -2.07. The van der Waals surface area contributed by atoms with E-state index in [2.05, 4.69) is 38.1 Å². The largest absolute Gasteiger partial charge is 0.298 e. The lowest BCUT2D eigenvalue weighted by Crippen LogP contribution is -2.07. The first-order valence-corrected chi connectivity index (χ1v) is 7.88. The van der Waals surface area contributed by atoms with Gasteiger partial charge in [-0.25, -0.2) is 0 Å². The molecule has 2 heteroatoms. The monoisotopic (exact) mass is 272 g/mol. The fourth-order valence-electron chi connectivity index (χ4n) is 2.12. The van der Waals surface area contributed by atoms with Crippen LogP contribution in [-0.2, 0) is 11.2 Å². The van der Waals surface area contributed by atoms with Gasteiger partial charge in [0.1, 0.15) is 5.78 Å². The van der Waals surface area contributed by atoms with Crippen molar-refractivity contribution in [1.82, 2.24) is 0 Å². The molecular formula is C17H20OS. The molecule has 0 spiro atoms. The third-order valence-electron chi connectivity index (χ3n) is 2.98. The molecule has 19 heavy (non-hydrogen) atoms. The Kier molecular flexibility index (Phi) is 5.03. The van der Waals surface area contributed by atoms with E-state index in [9.17, 15) is 4.79 Å². The van der Waals surface area contributed by atoms with Crippen LogP contribution in [0.5, 0.6) is 0 Å². The molecule has 0 amide bonds. The van der Waals surface area contributed by atoms with Crippen LogP contribution in [-0.4, -0.2) is 17.3 Å². The van der Waals surface area contributed by atoms with E-state index in [1.807, 2.05) is 18.2 Å². The van der Waals surface area contributed by atoms with Gasteiger partial charge in [-0.3, -0.25) is 4.79 Å². The van der Waals surface area contributed by atoms with Gasteiger partial charge in [0, 0.05) is 6.42 Å². The summed E-state index contributed by atoms with van der Waals surface area (Å²) in [5, 5.41) is 2.41. The highest BCUT2D eigenvalue weighted by molar-refractivity contribution is 7.99. The SMILES string of the molecule is CC(C)CSCC(=O)Cc1cccc2ccccc12. The van der Waals surface area contributed by atoms with Crippen molar-refractivity contribution in [3.05, 3.63) is 48.0 Å². The van der Waals surface area contributed by atoms with E-state index < -0.39 is 0 Å². The van der Waals surface area contributed by atoms with Crippen LogP contribution < -0.4 is 0 Å². The van der Waals surface area contributed by atoms with Gasteiger partial charge in [-0.1, -0.05) is 56.3 Å². The molecule has 2 rings (SSSR count). The summed E-state index contributed by atoms with van der Waals surface area (Å²) in [4.78, 5) is 12.0. The van der Waals surface area contributed by atoms with E-state index in [1.54, 1.807) is 11.8 Å². The van der Waals surface area contributed by atoms with E-state index in [1.165, 1.54) is 10.8 Å². The molecule has 0 bridgehead atoms. The molecule has 0 aliphatic carbocycles. The molecule has 100 valence electrons. The number of benzene rings is 2. The molecule has 0 N–H and O–H groups in total. The highest BCUT2D eigenvalue weighted by Gasteiger charge is 2.07. The Balaban J connectivity index is 2.03. The average molecular weight is 272 g/mol. The zero-order valence-electron chi connectivity index (χ0n) is 11.6. The minimum Gasteiger partial charge on any atom is -0.298 e. The Hall–Kier alpha value is -1.28. The molecule has 2 aromatic rings. The van der Waals surface area contributed by atoms with Gasteiger partial charge in [0.05, 0.1) is 5.75 Å². The van der Waals surface area contributed by atoms with Crippen molar-refractivity contribution in [1.29, 1.82) is 0 Å². The van der Waals surface area contributed by atoms with Crippen molar-refractivity contribution in [2.24, 2.45) is 5.92 Å². The van der Waals surface area contributed by atoms with Gasteiger partial charge in [0.25, 0.3) is 0 Å². The maximum atomic E-state index is 12.0. The minimum absolute atomic E-state index is 0.321. The minimum atomic E-state index is 0.321. The van der Waals surface area contributed by atoms with Gasteiger partial charge in [-0.15, -0.1) is 0 Å². The lowest BCUT2D eigenvalue weighted by molar-refractivity contribution is -0.115. The maximum Gasteiger partial charge on any atom is 0.147 e. The number of fused-ring (bicyclic) bond motifs is 1. The van der Waals surface area contributed by atoms with Crippen LogP contribution in [0.1, 0.15) is 19.4 Å². The Morgan fingerprint density at radius 1 is 1.11 bits per heavy atom. The third-order valence-corrected chi connectivity index (χ3v) is 4.41. The number of Topliss-reactive ketones (excluding diaryl/α,β-unsaturated/α-hetero) is 1. The first kappa shape index (κ1) is 14.1. The van der Waals surface area contributed by atoms with Gasteiger partial charge >= 0.3 is 0 Å². The number of hydrogen-bond donors (Lipinski definition) is 0. The highest BCUT2D eigenvalue weighted by atomic mass is 32.2. The molecule has 2 aromatic carbocycles. The molecule has 0 saturated carbocycles. The van der Waals surface area contributed by atoms with E-state index in [4.69, 9.17) is 0 Å². The van der Waals surface area contributed by atoms with E-state index >= 15 is 0 Å². The maximum absolute atomic E-state index is 12.0. The molecule has 0 radical (unpaired) electrons. The van der Waals surface area contributed by atoms with E-state index in [0.29, 0.717) is 23.9 Å². The summed E-state index contributed by atoms with van der Waals surface area (Å²) in [7, 11) is 0. The summed E-state index contributed by atoms with van der Waals surface area (Å²) in [5.41, 5.74) is 1.15. The second-order valence-corrected chi connectivity index (χ2v) is 6.29. The molecule has 1 nitrogen and oxygen atoms in total. The van der Waals surface area contributed by atoms with Gasteiger partial charge < -0.3 is 0 Å². The number of thioether (sulfide) groups is 1. The second-order valence-electron chi connectivity index (χ2n) is 5.26. The van der Waals surface area contributed by atoms with Gasteiger partial charge in [-0.2, -0.15) is 11.8 Å². The second kappa shape index (κ2) is 6.76. The quantitative estimate of drug-likeness (QED) is 0.778. The van der Waals surface area contributed by atoms with Crippen molar-refractivity contribution in [3.63, 3.8) is 0 Å². The van der Waals surface area contributed by atoms with Crippen molar-refractivity contribution in [2.45, 2.75) is 20.3 Å². The van der Waals surface area contributed by atoms with Crippen LogP contribution in [0.4, 0.5) is 0 Å². The molecule has 0 saturated heterocycles.